The van der Waals surface area contributed by atoms with Crippen LogP contribution in [0.15, 0.2) is 47.5 Å². The van der Waals surface area contributed by atoms with E-state index in [0.29, 0.717) is 28.7 Å². The molecule has 3 aromatic rings. The summed E-state index contributed by atoms with van der Waals surface area (Å²) in [4.78, 5) is 32.1. The predicted octanol–water partition coefficient (Wildman–Crippen LogP) is 2.50. The van der Waals surface area contributed by atoms with Crippen LogP contribution in [-0.4, -0.2) is 47.0 Å². The van der Waals surface area contributed by atoms with Crippen molar-refractivity contribution in [2.45, 2.75) is 25.8 Å². The van der Waals surface area contributed by atoms with E-state index >= 15 is 0 Å². The minimum absolute atomic E-state index is 0.112. The zero-order valence-corrected chi connectivity index (χ0v) is 17.4. The molecule has 0 aliphatic heterocycles. The second-order valence-electron chi connectivity index (χ2n) is 7.94. The Labute approximate surface area is 175 Å². The molecule has 1 aliphatic carbocycles. The molecule has 30 heavy (non-hydrogen) atoms. The fourth-order valence-corrected chi connectivity index (χ4v) is 3.18. The SMILES string of the molecule is Cc1ccc(C(=O)NC2CC2)cc1-n1cnc2ccc(C#CCN(C)C)cc2c1=O. The Hall–Kier alpha value is -3.43. The molecule has 1 heterocycles. The smallest absolute Gasteiger partial charge is 0.265 e. The molecule has 0 saturated heterocycles. The maximum absolute atomic E-state index is 13.3. The van der Waals surface area contributed by atoms with Crippen molar-refractivity contribution < 1.29 is 4.79 Å². The molecule has 4 rings (SSSR count). The van der Waals surface area contributed by atoms with Crippen LogP contribution in [0.3, 0.4) is 0 Å². The third kappa shape index (κ3) is 4.27. The number of aryl methyl sites for hydroxylation is 1. The van der Waals surface area contributed by atoms with Gasteiger partial charge in [-0.3, -0.25) is 19.1 Å². The first-order valence-electron chi connectivity index (χ1n) is 9.99. The van der Waals surface area contributed by atoms with Crippen molar-refractivity contribution in [1.29, 1.82) is 0 Å². The van der Waals surface area contributed by atoms with Gasteiger partial charge in [0.05, 0.1) is 23.1 Å². The van der Waals surface area contributed by atoms with Crippen LogP contribution >= 0.6 is 0 Å². The van der Waals surface area contributed by atoms with Gasteiger partial charge in [0.15, 0.2) is 0 Å². The van der Waals surface area contributed by atoms with Gasteiger partial charge >= 0.3 is 0 Å². The van der Waals surface area contributed by atoms with Crippen LogP contribution in [0, 0.1) is 18.8 Å². The minimum atomic E-state index is -0.181. The van der Waals surface area contributed by atoms with E-state index in [2.05, 4.69) is 22.1 Å². The molecule has 1 aliphatic rings. The molecule has 0 atom stereocenters. The van der Waals surface area contributed by atoms with Crippen LogP contribution in [0.1, 0.15) is 34.3 Å². The number of fused-ring (bicyclic) bond motifs is 1. The van der Waals surface area contributed by atoms with Crippen molar-refractivity contribution in [2.75, 3.05) is 20.6 Å². The summed E-state index contributed by atoms with van der Waals surface area (Å²) in [5.74, 6) is 6.06. The Morgan fingerprint density at radius 1 is 1.23 bits per heavy atom. The number of hydrogen-bond donors (Lipinski definition) is 1. The first kappa shape index (κ1) is 19.9. The van der Waals surface area contributed by atoms with E-state index in [1.165, 1.54) is 10.9 Å². The molecule has 0 unspecified atom stereocenters. The summed E-state index contributed by atoms with van der Waals surface area (Å²) < 4.78 is 1.50. The molecule has 152 valence electrons. The quantitative estimate of drug-likeness (QED) is 0.684. The Kier molecular flexibility index (Phi) is 5.39. The van der Waals surface area contributed by atoms with E-state index in [-0.39, 0.29) is 17.5 Å². The van der Waals surface area contributed by atoms with Gasteiger partial charge in [-0.1, -0.05) is 17.9 Å². The molecule has 1 fully saturated rings. The van der Waals surface area contributed by atoms with Crippen molar-refractivity contribution >= 4 is 16.8 Å². The molecule has 0 radical (unpaired) electrons. The summed E-state index contributed by atoms with van der Waals surface area (Å²) >= 11 is 0. The van der Waals surface area contributed by atoms with Gasteiger partial charge in [0.25, 0.3) is 11.5 Å². The van der Waals surface area contributed by atoms with E-state index in [0.717, 1.165) is 24.0 Å². The van der Waals surface area contributed by atoms with E-state index in [4.69, 9.17) is 0 Å². The summed E-state index contributed by atoms with van der Waals surface area (Å²) in [7, 11) is 3.91. The summed E-state index contributed by atoms with van der Waals surface area (Å²) in [5, 5.41) is 3.49. The molecule has 1 saturated carbocycles. The summed E-state index contributed by atoms with van der Waals surface area (Å²) in [6.45, 7) is 2.56. The van der Waals surface area contributed by atoms with Gasteiger partial charge in [-0.05, 0) is 69.8 Å². The molecule has 6 nitrogen and oxygen atoms in total. The third-order valence-electron chi connectivity index (χ3n) is 5.03. The Morgan fingerprint density at radius 3 is 2.77 bits per heavy atom. The lowest BCUT2D eigenvalue weighted by atomic mass is 10.1. The van der Waals surface area contributed by atoms with Crippen LogP contribution in [0.2, 0.25) is 0 Å². The van der Waals surface area contributed by atoms with E-state index in [9.17, 15) is 9.59 Å². The fourth-order valence-electron chi connectivity index (χ4n) is 3.18. The Balaban J connectivity index is 1.75. The molecule has 1 N–H and O–H groups in total. The van der Waals surface area contributed by atoms with Crippen LogP contribution in [0.5, 0.6) is 0 Å². The van der Waals surface area contributed by atoms with Gasteiger partial charge in [-0.25, -0.2) is 4.98 Å². The largest absolute Gasteiger partial charge is 0.349 e. The van der Waals surface area contributed by atoms with E-state index < -0.39 is 0 Å². The molecule has 6 heteroatoms. The molecule has 1 aromatic heterocycles. The average molecular weight is 400 g/mol. The zero-order valence-electron chi connectivity index (χ0n) is 17.4. The number of amides is 1. The molecule has 1 amide bonds. The van der Waals surface area contributed by atoms with Gasteiger partial charge in [-0.2, -0.15) is 0 Å². The van der Waals surface area contributed by atoms with Crippen molar-refractivity contribution in [3.63, 3.8) is 0 Å². The van der Waals surface area contributed by atoms with E-state index in [1.807, 2.05) is 44.1 Å². The van der Waals surface area contributed by atoms with Gasteiger partial charge < -0.3 is 5.32 Å². The standard InChI is InChI=1S/C24H24N4O2/c1-16-6-8-18(23(29)26-19-9-10-19)14-22(16)28-15-25-21-11-7-17(5-4-12-27(2)3)13-20(21)24(28)30/h6-8,11,13-15,19H,9-10,12H2,1-3H3,(H,26,29). The molecular formula is C24H24N4O2. The average Bonchev–Trinajstić information content (AvgIpc) is 3.53. The second-order valence-corrected chi connectivity index (χ2v) is 7.94. The predicted molar refractivity (Wildman–Crippen MR) is 118 cm³/mol. The molecular weight excluding hydrogens is 376 g/mol. The normalized spacial score (nSPS) is 13.2. The van der Waals surface area contributed by atoms with Crippen LogP contribution in [0.4, 0.5) is 0 Å². The Bertz CT molecular complexity index is 1240. The van der Waals surface area contributed by atoms with Crippen molar-refractivity contribution in [2.24, 2.45) is 0 Å². The highest BCUT2D eigenvalue weighted by Gasteiger charge is 2.24. The Morgan fingerprint density at radius 2 is 2.03 bits per heavy atom. The van der Waals surface area contributed by atoms with Crippen molar-refractivity contribution in [1.82, 2.24) is 19.8 Å². The second kappa shape index (κ2) is 8.13. The monoisotopic (exact) mass is 400 g/mol. The lowest BCUT2D eigenvalue weighted by molar-refractivity contribution is 0.0951. The molecule has 2 aromatic carbocycles. The molecule has 0 spiro atoms. The van der Waals surface area contributed by atoms with E-state index in [1.54, 1.807) is 18.2 Å². The first-order valence-corrected chi connectivity index (χ1v) is 9.99. The summed E-state index contributed by atoms with van der Waals surface area (Å²) in [5.41, 5.74) is 3.30. The number of hydrogen-bond acceptors (Lipinski definition) is 4. The number of nitrogens with zero attached hydrogens (tertiary/aromatic N) is 3. The lowest BCUT2D eigenvalue weighted by Gasteiger charge is -2.12. The summed E-state index contributed by atoms with van der Waals surface area (Å²) in [6, 6.07) is 11.1. The number of carbonyl (C=O) groups is 1. The van der Waals surface area contributed by atoms with Gasteiger partial charge in [-0.15, -0.1) is 0 Å². The van der Waals surface area contributed by atoms with Crippen molar-refractivity contribution in [3.8, 4) is 17.5 Å². The van der Waals surface area contributed by atoms with Gasteiger partial charge in [0.2, 0.25) is 0 Å². The number of rotatable bonds is 4. The maximum Gasteiger partial charge on any atom is 0.265 e. The maximum atomic E-state index is 13.3. The summed E-state index contributed by atoms with van der Waals surface area (Å²) in [6.07, 6.45) is 3.57. The minimum Gasteiger partial charge on any atom is -0.349 e. The molecule has 0 bridgehead atoms. The number of carbonyl (C=O) groups excluding carboxylic acids is 1. The fraction of sp³-hybridized carbons (Fsp3) is 0.292. The first-order chi connectivity index (χ1) is 14.4. The third-order valence-corrected chi connectivity index (χ3v) is 5.03. The lowest BCUT2D eigenvalue weighted by Crippen LogP contribution is -2.26. The van der Waals surface area contributed by atoms with Crippen molar-refractivity contribution in [3.05, 3.63) is 69.8 Å². The highest BCUT2D eigenvalue weighted by atomic mass is 16.1. The highest BCUT2D eigenvalue weighted by Crippen LogP contribution is 2.21. The van der Waals surface area contributed by atoms with Crippen LogP contribution in [-0.2, 0) is 0 Å². The number of nitrogens with one attached hydrogen (secondary N) is 1. The topological polar surface area (TPSA) is 67.2 Å². The van der Waals surface area contributed by atoms with Crippen LogP contribution in [0.25, 0.3) is 16.6 Å². The number of benzene rings is 2. The van der Waals surface area contributed by atoms with Crippen LogP contribution < -0.4 is 10.9 Å². The number of aromatic nitrogens is 2. The highest BCUT2D eigenvalue weighted by molar-refractivity contribution is 5.95. The van der Waals surface area contributed by atoms with Gasteiger partial charge in [0.1, 0.15) is 6.33 Å². The zero-order chi connectivity index (χ0) is 21.3. The van der Waals surface area contributed by atoms with Gasteiger partial charge in [0, 0.05) is 17.2 Å².